The predicted octanol–water partition coefficient (Wildman–Crippen LogP) is 1.40. The first kappa shape index (κ1) is 40.3. The Morgan fingerprint density at radius 1 is 0.904 bits per heavy atom. The third-order valence-corrected chi connectivity index (χ3v) is 14.4. The van der Waals surface area contributed by atoms with Crippen LogP contribution in [0.2, 0.25) is 0 Å². The summed E-state index contributed by atoms with van der Waals surface area (Å²) in [6, 6.07) is 0. The number of carbonyl (C=O) groups is 2. The van der Waals surface area contributed by atoms with Gasteiger partial charge in [0.15, 0.2) is 12.6 Å². The molecule has 3 saturated carbocycles. The van der Waals surface area contributed by atoms with Crippen molar-refractivity contribution in [1.29, 1.82) is 0 Å². The van der Waals surface area contributed by atoms with Crippen molar-refractivity contribution >= 4 is 11.6 Å². The lowest BCUT2D eigenvalue weighted by atomic mass is 9.47. The van der Waals surface area contributed by atoms with Gasteiger partial charge in [-0.2, -0.15) is 0 Å². The van der Waals surface area contributed by atoms with E-state index in [4.69, 9.17) is 18.9 Å². The molecule has 296 valence electrons. The average molecular weight is 739 g/mol. The van der Waals surface area contributed by atoms with Crippen LogP contribution in [0.3, 0.4) is 0 Å². The molecule has 13 heteroatoms. The van der Waals surface area contributed by atoms with Gasteiger partial charge in [0.25, 0.3) is 0 Å². The first-order valence-corrected chi connectivity index (χ1v) is 19.5. The van der Waals surface area contributed by atoms with E-state index < -0.39 is 73.9 Å². The quantitative estimate of drug-likeness (QED) is 0.150. The Labute approximate surface area is 306 Å². The van der Waals surface area contributed by atoms with Gasteiger partial charge in [-0.25, -0.2) is 0 Å². The van der Waals surface area contributed by atoms with Gasteiger partial charge in [-0.3, -0.25) is 9.59 Å². The molecule has 0 radical (unpaired) electrons. The molecule has 0 amide bonds. The van der Waals surface area contributed by atoms with Crippen LogP contribution < -0.4 is 0 Å². The zero-order valence-corrected chi connectivity index (χ0v) is 31.3. The molecule has 19 atom stereocenters. The second-order valence-electron chi connectivity index (χ2n) is 17.6. The summed E-state index contributed by atoms with van der Waals surface area (Å²) < 4.78 is 23.1. The maximum atomic E-state index is 13.8. The van der Waals surface area contributed by atoms with E-state index >= 15 is 0 Å². The first-order chi connectivity index (χ1) is 24.5. The highest BCUT2D eigenvalue weighted by Crippen LogP contribution is 2.66. The highest BCUT2D eigenvalue weighted by molar-refractivity contribution is 5.92. The maximum absolute atomic E-state index is 13.8. The summed E-state index contributed by atoms with van der Waals surface area (Å²) in [6.45, 7) is 9.66. The van der Waals surface area contributed by atoms with Crippen LogP contribution in [-0.4, -0.2) is 128 Å². The van der Waals surface area contributed by atoms with E-state index in [9.17, 15) is 45.3 Å². The molecule has 0 bridgehead atoms. The van der Waals surface area contributed by atoms with Gasteiger partial charge in [-0.1, -0.05) is 39.3 Å². The molecule has 52 heavy (non-hydrogen) atoms. The average Bonchev–Trinajstić information content (AvgIpc) is 3.39. The van der Waals surface area contributed by atoms with Crippen molar-refractivity contribution in [2.24, 2.45) is 46.3 Å². The lowest BCUT2D eigenvalue weighted by Crippen LogP contribution is -2.59. The van der Waals surface area contributed by atoms with E-state index in [1.807, 2.05) is 13.8 Å². The summed E-state index contributed by atoms with van der Waals surface area (Å²) in [7, 11) is 0. The molecule has 0 aromatic carbocycles. The summed E-state index contributed by atoms with van der Waals surface area (Å²) in [5.41, 5.74) is 1.06. The summed E-state index contributed by atoms with van der Waals surface area (Å²) in [6.07, 6.45) is -3.61. The molecule has 7 N–H and O–H groups in total. The number of carbonyl (C=O) groups excluding carboxylic acids is 2. The SMILES string of the molecule is C[C@H](CCC(=O)[C@@H](C)[C@H]1C(=O)C[C@H]2[C@@H]3CC=C4C[C@@H](O[C@@H]5O[C@@H](C)[C@H](O)[C@@H](O)[C@H]5O)CC[C@]4(C)[C@H]3CC[C@]12C)CO[C@@H]1O[C@H](CO)[C@@H](O)[C@H](O)[C@H]1O. The molecule has 5 fully saturated rings. The van der Waals surface area contributed by atoms with Crippen molar-refractivity contribution in [1.82, 2.24) is 0 Å². The Balaban J connectivity index is 1.04. The highest BCUT2D eigenvalue weighted by atomic mass is 16.7. The number of hydrogen-bond acceptors (Lipinski definition) is 13. The summed E-state index contributed by atoms with van der Waals surface area (Å²) in [5, 5.41) is 70.6. The van der Waals surface area contributed by atoms with Gasteiger partial charge < -0.3 is 54.7 Å². The third kappa shape index (κ3) is 7.22. The molecular weight excluding hydrogens is 676 g/mol. The molecule has 4 aliphatic carbocycles. The van der Waals surface area contributed by atoms with E-state index in [2.05, 4.69) is 19.9 Å². The van der Waals surface area contributed by atoms with Crippen molar-refractivity contribution < 1.29 is 64.3 Å². The van der Waals surface area contributed by atoms with E-state index in [1.54, 1.807) is 6.92 Å². The standard InChI is InChI=1S/C39H62O13/c1-18(17-49-36-34(47)33(46)31(44)28(16-40)52-36)6-9-26(41)19(2)29-27(42)15-25-23-8-7-21-14-22(51-37-35(48)32(45)30(43)20(3)50-37)10-12-38(21,4)24(23)11-13-39(25,29)5/h7,18-20,22-25,28-37,40,43-48H,6,8-17H2,1-5H3/t18-,19-,20+,22+,23-,24+,25+,28-,29+,30+,31-,32-,33+,34-,35-,36-,37+,38+,39+/m1/s1. The number of Topliss-reactive ketones (excluding diaryl/α,β-unsaturated/α-hetero) is 2. The summed E-state index contributed by atoms with van der Waals surface area (Å²) in [4.78, 5) is 27.5. The van der Waals surface area contributed by atoms with E-state index in [0.717, 1.165) is 32.1 Å². The molecule has 2 saturated heterocycles. The number of aliphatic hydroxyl groups is 7. The molecule has 6 aliphatic rings. The zero-order chi connectivity index (χ0) is 37.9. The van der Waals surface area contributed by atoms with Crippen molar-refractivity contribution in [3.8, 4) is 0 Å². The minimum atomic E-state index is -1.52. The Morgan fingerprint density at radius 3 is 2.31 bits per heavy atom. The monoisotopic (exact) mass is 738 g/mol. The van der Waals surface area contributed by atoms with Crippen LogP contribution in [0, 0.1) is 46.3 Å². The van der Waals surface area contributed by atoms with Gasteiger partial charge in [0, 0.05) is 24.7 Å². The maximum Gasteiger partial charge on any atom is 0.186 e. The molecule has 13 nitrogen and oxygen atoms in total. The lowest BCUT2D eigenvalue weighted by Gasteiger charge is -2.58. The molecule has 2 aliphatic heterocycles. The number of ketones is 2. The topological polar surface area (TPSA) is 213 Å². The van der Waals surface area contributed by atoms with E-state index in [0.29, 0.717) is 31.1 Å². The van der Waals surface area contributed by atoms with Crippen LogP contribution in [0.25, 0.3) is 0 Å². The van der Waals surface area contributed by atoms with Crippen molar-refractivity contribution in [2.45, 2.75) is 160 Å². The fraction of sp³-hybridized carbons (Fsp3) is 0.897. The van der Waals surface area contributed by atoms with E-state index in [1.165, 1.54) is 5.57 Å². The van der Waals surface area contributed by atoms with Crippen LogP contribution in [-0.2, 0) is 28.5 Å². The van der Waals surface area contributed by atoms with E-state index in [-0.39, 0.29) is 59.3 Å². The van der Waals surface area contributed by atoms with Crippen LogP contribution in [0.15, 0.2) is 11.6 Å². The minimum Gasteiger partial charge on any atom is -0.394 e. The second-order valence-corrected chi connectivity index (χ2v) is 17.6. The Kier molecular flexibility index (Phi) is 12.1. The van der Waals surface area contributed by atoms with Gasteiger partial charge in [0.1, 0.15) is 54.3 Å². The van der Waals surface area contributed by atoms with Gasteiger partial charge in [0.05, 0.1) is 25.4 Å². The lowest BCUT2D eigenvalue weighted by molar-refractivity contribution is -0.305. The molecule has 6 rings (SSSR count). The number of rotatable bonds is 11. The van der Waals surface area contributed by atoms with Gasteiger partial charge in [0.2, 0.25) is 0 Å². The summed E-state index contributed by atoms with van der Waals surface area (Å²) >= 11 is 0. The fourth-order valence-corrected chi connectivity index (χ4v) is 11.1. The highest BCUT2D eigenvalue weighted by Gasteiger charge is 2.62. The van der Waals surface area contributed by atoms with Crippen LogP contribution in [0.4, 0.5) is 0 Å². The molecule has 2 heterocycles. The largest absolute Gasteiger partial charge is 0.394 e. The number of hydrogen-bond donors (Lipinski definition) is 7. The fourth-order valence-electron chi connectivity index (χ4n) is 11.1. The Hall–Kier alpha value is -1.36. The number of allylic oxidation sites excluding steroid dienone is 1. The van der Waals surface area contributed by atoms with Gasteiger partial charge in [-0.05, 0) is 86.4 Å². The third-order valence-electron chi connectivity index (χ3n) is 14.4. The van der Waals surface area contributed by atoms with Crippen molar-refractivity contribution in [3.05, 3.63) is 11.6 Å². The zero-order valence-electron chi connectivity index (χ0n) is 31.3. The first-order valence-electron chi connectivity index (χ1n) is 19.5. The van der Waals surface area contributed by atoms with Crippen LogP contribution >= 0.6 is 0 Å². The molecule has 0 aromatic heterocycles. The van der Waals surface area contributed by atoms with Crippen molar-refractivity contribution in [3.63, 3.8) is 0 Å². The minimum absolute atomic E-state index is 0.0322. The summed E-state index contributed by atoms with van der Waals surface area (Å²) in [5.74, 6) is 0.397. The molecule has 0 aromatic rings. The normalized spacial score (nSPS) is 49.0. The number of ether oxygens (including phenoxy) is 4. The predicted molar refractivity (Wildman–Crippen MR) is 185 cm³/mol. The Morgan fingerprint density at radius 2 is 1.60 bits per heavy atom. The van der Waals surface area contributed by atoms with Crippen LogP contribution in [0.1, 0.15) is 92.4 Å². The van der Waals surface area contributed by atoms with Gasteiger partial charge in [-0.15, -0.1) is 0 Å². The molecule has 0 spiro atoms. The molecule has 0 unspecified atom stereocenters. The smallest absolute Gasteiger partial charge is 0.186 e. The molecular formula is C39H62O13. The van der Waals surface area contributed by atoms with Gasteiger partial charge >= 0.3 is 0 Å². The number of aliphatic hydroxyl groups excluding tert-OH is 7. The number of fused-ring (bicyclic) bond motifs is 5. The van der Waals surface area contributed by atoms with Crippen molar-refractivity contribution in [2.75, 3.05) is 13.2 Å². The second kappa shape index (κ2) is 15.6. The Bertz CT molecular complexity index is 1320. The van der Waals surface area contributed by atoms with Crippen LogP contribution in [0.5, 0.6) is 0 Å².